The largest absolute Gasteiger partial charge is 0.497 e. The third-order valence-electron chi connectivity index (χ3n) is 2.89. The van der Waals surface area contributed by atoms with Gasteiger partial charge in [-0.1, -0.05) is 11.8 Å². The van der Waals surface area contributed by atoms with Crippen molar-refractivity contribution in [3.8, 4) is 5.75 Å². The van der Waals surface area contributed by atoms with E-state index in [1.807, 2.05) is 5.38 Å². The van der Waals surface area contributed by atoms with Crippen LogP contribution >= 0.6 is 23.1 Å². The normalized spacial score (nSPS) is 10.3. The zero-order chi connectivity index (χ0) is 15.9. The van der Waals surface area contributed by atoms with Crippen molar-refractivity contribution in [3.63, 3.8) is 0 Å². The van der Waals surface area contributed by atoms with Crippen LogP contribution in [0.4, 0.5) is 0 Å². The number of amides is 1. The summed E-state index contributed by atoms with van der Waals surface area (Å²) in [6.45, 7) is 0. The molecule has 0 aliphatic heterocycles. The summed E-state index contributed by atoms with van der Waals surface area (Å²) in [5.74, 6) is 1.01. The summed E-state index contributed by atoms with van der Waals surface area (Å²) in [4.78, 5) is 27.7. The Kier molecular flexibility index (Phi) is 5.97. The van der Waals surface area contributed by atoms with Crippen molar-refractivity contribution in [2.75, 3.05) is 19.9 Å². The maximum Gasteiger partial charge on any atom is 0.225 e. The van der Waals surface area contributed by atoms with Gasteiger partial charge in [0, 0.05) is 18.0 Å². The van der Waals surface area contributed by atoms with E-state index in [9.17, 15) is 9.59 Å². The van der Waals surface area contributed by atoms with Crippen LogP contribution in [0.1, 0.15) is 16.1 Å². The molecule has 1 aromatic heterocycles. The number of aromatic nitrogens is 1. The predicted octanol–water partition coefficient (Wildman–Crippen LogP) is 2.42. The van der Waals surface area contributed by atoms with E-state index in [2.05, 4.69) is 10.3 Å². The molecular formula is C15H16N2O3S2. The highest BCUT2D eigenvalue weighted by Crippen LogP contribution is 2.24. The van der Waals surface area contributed by atoms with E-state index in [0.29, 0.717) is 11.3 Å². The number of Topliss-reactive ketones (excluding diaryl/α,β-unsaturated/α-hetero) is 1. The van der Waals surface area contributed by atoms with Gasteiger partial charge in [-0.3, -0.25) is 9.59 Å². The average Bonchev–Trinajstić information content (AvgIpc) is 3.00. The molecule has 22 heavy (non-hydrogen) atoms. The number of methoxy groups -OCH3 is 1. The molecule has 0 saturated heterocycles. The van der Waals surface area contributed by atoms with Crippen LogP contribution < -0.4 is 10.1 Å². The van der Waals surface area contributed by atoms with Gasteiger partial charge in [0.05, 0.1) is 25.0 Å². The van der Waals surface area contributed by atoms with Crippen LogP contribution in [0.5, 0.6) is 5.75 Å². The summed E-state index contributed by atoms with van der Waals surface area (Å²) in [6, 6.07) is 7.03. The van der Waals surface area contributed by atoms with Gasteiger partial charge in [-0.2, -0.15) is 0 Å². The maximum atomic E-state index is 12.1. The molecule has 1 aromatic carbocycles. The van der Waals surface area contributed by atoms with E-state index in [-0.39, 0.29) is 18.1 Å². The van der Waals surface area contributed by atoms with Crippen LogP contribution in [0, 0.1) is 0 Å². The van der Waals surface area contributed by atoms with Crippen LogP contribution in [-0.4, -0.2) is 36.6 Å². The number of carbonyl (C=O) groups excluding carboxylic acids is 2. The molecule has 0 aliphatic rings. The molecule has 1 heterocycles. The molecule has 0 saturated carbocycles. The van der Waals surface area contributed by atoms with Gasteiger partial charge in [0.15, 0.2) is 10.1 Å². The highest BCUT2D eigenvalue weighted by molar-refractivity contribution is 8.01. The number of hydrogen-bond donors (Lipinski definition) is 1. The minimum atomic E-state index is -0.0730. The average molecular weight is 336 g/mol. The number of nitrogens with one attached hydrogen (secondary N) is 1. The van der Waals surface area contributed by atoms with Crippen LogP contribution in [0.25, 0.3) is 0 Å². The van der Waals surface area contributed by atoms with E-state index in [4.69, 9.17) is 4.74 Å². The molecular weight excluding hydrogens is 320 g/mol. The lowest BCUT2D eigenvalue weighted by Crippen LogP contribution is -2.20. The number of likely N-dealkylation sites (N-methyl/N-ethyl adjacent to an activating group) is 1. The fourth-order valence-electron chi connectivity index (χ4n) is 1.68. The van der Waals surface area contributed by atoms with Crippen molar-refractivity contribution in [2.24, 2.45) is 0 Å². The number of thiazole rings is 1. The Bertz CT molecular complexity index is 653. The highest BCUT2D eigenvalue weighted by atomic mass is 32.2. The lowest BCUT2D eigenvalue weighted by molar-refractivity contribution is -0.120. The van der Waals surface area contributed by atoms with Gasteiger partial charge in [0.1, 0.15) is 5.75 Å². The third kappa shape index (κ3) is 4.57. The van der Waals surface area contributed by atoms with Gasteiger partial charge in [0.25, 0.3) is 0 Å². The Labute approximate surface area is 137 Å². The number of rotatable bonds is 7. The van der Waals surface area contributed by atoms with Crippen molar-refractivity contribution in [2.45, 2.75) is 10.8 Å². The van der Waals surface area contributed by atoms with Gasteiger partial charge in [0.2, 0.25) is 5.91 Å². The predicted molar refractivity (Wildman–Crippen MR) is 87.9 cm³/mol. The van der Waals surface area contributed by atoms with Crippen LogP contribution in [0.2, 0.25) is 0 Å². The second-order valence-electron chi connectivity index (χ2n) is 4.40. The second kappa shape index (κ2) is 7.95. The molecule has 7 heteroatoms. The summed E-state index contributed by atoms with van der Waals surface area (Å²) in [6.07, 6.45) is 0.264. The Hall–Kier alpha value is -1.86. The SMILES string of the molecule is CNC(=O)Cc1csc(SCC(=O)c2ccc(OC)cc2)n1. The van der Waals surface area contributed by atoms with Gasteiger partial charge < -0.3 is 10.1 Å². The molecule has 1 N–H and O–H groups in total. The first-order valence-corrected chi connectivity index (χ1v) is 8.44. The minimum absolute atomic E-state index is 0.0377. The van der Waals surface area contributed by atoms with Crippen molar-refractivity contribution in [1.82, 2.24) is 10.3 Å². The molecule has 116 valence electrons. The fourth-order valence-corrected chi connectivity index (χ4v) is 3.42. The Balaban J connectivity index is 1.89. The zero-order valence-corrected chi connectivity index (χ0v) is 13.9. The maximum absolute atomic E-state index is 12.1. The van der Waals surface area contributed by atoms with E-state index in [1.54, 1.807) is 38.4 Å². The van der Waals surface area contributed by atoms with E-state index >= 15 is 0 Å². The number of hydrogen-bond acceptors (Lipinski definition) is 6. The first kappa shape index (κ1) is 16.5. The van der Waals surface area contributed by atoms with Gasteiger partial charge in [-0.05, 0) is 24.3 Å². The first-order valence-electron chi connectivity index (χ1n) is 6.57. The molecule has 2 rings (SSSR count). The van der Waals surface area contributed by atoms with Crippen molar-refractivity contribution < 1.29 is 14.3 Å². The van der Waals surface area contributed by atoms with E-state index in [1.165, 1.54) is 23.1 Å². The lowest BCUT2D eigenvalue weighted by Gasteiger charge is -2.02. The molecule has 0 radical (unpaired) electrons. The van der Waals surface area contributed by atoms with Gasteiger partial charge in [-0.15, -0.1) is 11.3 Å². The van der Waals surface area contributed by atoms with Crippen molar-refractivity contribution in [3.05, 3.63) is 40.9 Å². The smallest absolute Gasteiger partial charge is 0.225 e. The van der Waals surface area contributed by atoms with E-state index in [0.717, 1.165) is 15.8 Å². The number of ketones is 1. The molecule has 0 aliphatic carbocycles. The lowest BCUT2D eigenvalue weighted by atomic mass is 10.1. The summed E-state index contributed by atoms with van der Waals surface area (Å²) in [5, 5.41) is 4.40. The Morgan fingerprint density at radius 3 is 2.68 bits per heavy atom. The van der Waals surface area contributed by atoms with E-state index < -0.39 is 0 Å². The Morgan fingerprint density at radius 2 is 2.05 bits per heavy atom. The minimum Gasteiger partial charge on any atom is -0.497 e. The van der Waals surface area contributed by atoms with Crippen LogP contribution in [0.3, 0.4) is 0 Å². The number of ether oxygens (including phenoxy) is 1. The third-order valence-corrected chi connectivity index (χ3v) is 4.96. The summed E-state index contributed by atoms with van der Waals surface area (Å²) < 4.78 is 5.86. The summed E-state index contributed by atoms with van der Waals surface area (Å²) in [5.41, 5.74) is 1.37. The molecule has 0 unspecified atom stereocenters. The quantitative estimate of drug-likeness (QED) is 0.621. The first-order chi connectivity index (χ1) is 10.6. The van der Waals surface area contributed by atoms with Crippen LogP contribution in [-0.2, 0) is 11.2 Å². The number of nitrogens with zero attached hydrogens (tertiary/aromatic N) is 1. The summed E-state index contributed by atoms with van der Waals surface area (Å²) in [7, 11) is 3.18. The standard InChI is InChI=1S/C15H16N2O3S2/c1-16-14(19)7-11-8-21-15(17-11)22-9-13(18)10-3-5-12(20-2)6-4-10/h3-6,8H,7,9H2,1-2H3,(H,16,19). The molecule has 0 spiro atoms. The molecule has 1 amide bonds. The molecule has 0 fully saturated rings. The molecule has 2 aromatic rings. The molecule has 5 nitrogen and oxygen atoms in total. The highest BCUT2D eigenvalue weighted by Gasteiger charge is 2.10. The number of carbonyl (C=O) groups is 2. The Morgan fingerprint density at radius 1 is 1.32 bits per heavy atom. The zero-order valence-electron chi connectivity index (χ0n) is 12.3. The van der Waals surface area contributed by atoms with Crippen molar-refractivity contribution >= 4 is 34.8 Å². The monoisotopic (exact) mass is 336 g/mol. The van der Waals surface area contributed by atoms with Gasteiger partial charge >= 0.3 is 0 Å². The second-order valence-corrected chi connectivity index (χ2v) is 6.48. The molecule has 0 bridgehead atoms. The molecule has 0 atom stereocenters. The number of benzene rings is 1. The van der Waals surface area contributed by atoms with Gasteiger partial charge in [-0.25, -0.2) is 4.98 Å². The fraction of sp³-hybridized carbons (Fsp3) is 0.267. The number of thioether (sulfide) groups is 1. The topological polar surface area (TPSA) is 68.3 Å². The summed E-state index contributed by atoms with van der Waals surface area (Å²) >= 11 is 2.83. The van der Waals surface area contributed by atoms with Crippen molar-refractivity contribution in [1.29, 1.82) is 0 Å². The van der Waals surface area contributed by atoms with Crippen LogP contribution in [0.15, 0.2) is 34.0 Å².